The summed E-state index contributed by atoms with van der Waals surface area (Å²) < 4.78 is 0. The van der Waals surface area contributed by atoms with E-state index in [4.69, 9.17) is 11.5 Å². The number of nitrogens with zero attached hydrogens (tertiary/aromatic N) is 1. The minimum Gasteiger partial charge on any atom is -0.393 e. The monoisotopic (exact) mass is 252 g/mol. The number of carbonyl (C=O) groups is 1. The lowest BCUT2D eigenvalue weighted by Gasteiger charge is -2.09. The number of benzene rings is 1. The molecule has 0 saturated heterocycles. The SMILES string of the molecule is CC(N)CCNC(=O)c1cccc([N+](=O)[O-])c1N. The van der Waals surface area contributed by atoms with Gasteiger partial charge in [0.25, 0.3) is 11.6 Å². The fourth-order valence-corrected chi connectivity index (χ4v) is 1.42. The van der Waals surface area contributed by atoms with Crippen molar-refractivity contribution in [3.8, 4) is 0 Å². The number of nitro groups is 1. The summed E-state index contributed by atoms with van der Waals surface area (Å²) in [4.78, 5) is 21.8. The molecule has 1 aromatic carbocycles. The molecule has 1 unspecified atom stereocenters. The van der Waals surface area contributed by atoms with E-state index in [1.807, 2.05) is 6.92 Å². The van der Waals surface area contributed by atoms with Crippen molar-refractivity contribution in [1.82, 2.24) is 5.32 Å². The maximum atomic E-state index is 11.8. The largest absolute Gasteiger partial charge is 0.393 e. The van der Waals surface area contributed by atoms with Crippen molar-refractivity contribution in [2.24, 2.45) is 5.73 Å². The maximum Gasteiger partial charge on any atom is 0.292 e. The molecule has 1 rings (SSSR count). The van der Waals surface area contributed by atoms with E-state index >= 15 is 0 Å². The van der Waals surface area contributed by atoms with Crippen LogP contribution in [0.3, 0.4) is 0 Å². The summed E-state index contributed by atoms with van der Waals surface area (Å²) in [6.07, 6.45) is 0.626. The van der Waals surface area contributed by atoms with Gasteiger partial charge in [0.2, 0.25) is 0 Å². The highest BCUT2D eigenvalue weighted by atomic mass is 16.6. The summed E-state index contributed by atoms with van der Waals surface area (Å²) in [6, 6.07) is 4.11. The van der Waals surface area contributed by atoms with Gasteiger partial charge in [0.05, 0.1) is 10.5 Å². The summed E-state index contributed by atoms with van der Waals surface area (Å²) in [5.41, 5.74) is 10.8. The van der Waals surface area contributed by atoms with Gasteiger partial charge in [0.15, 0.2) is 0 Å². The standard InChI is InChI=1S/C11H16N4O3/c1-7(12)5-6-14-11(16)8-3-2-4-9(10(8)13)15(17)18/h2-4,7H,5-6,12-13H2,1H3,(H,14,16). The molecular weight excluding hydrogens is 236 g/mol. The van der Waals surface area contributed by atoms with Crippen LogP contribution in [0.1, 0.15) is 23.7 Å². The van der Waals surface area contributed by atoms with E-state index in [0.717, 1.165) is 0 Å². The number of hydrogen-bond acceptors (Lipinski definition) is 5. The average Bonchev–Trinajstić information content (AvgIpc) is 2.28. The highest BCUT2D eigenvalue weighted by molar-refractivity contribution is 6.00. The fourth-order valence-electron chi connectivity index (χ4n) is 1.42. The molecule has 0 aliphatic carbocycles. The molecule has 98 valence electrons. The Morgan fingerprint density at radius 1 is 1.56 bits per heavy atom. The number of nitrogens with one attached hydrogen (secondary N) is 1. The molecule has 0 bridgehead atoms. The first-order valence-electron chi connectivity index (χ1n) is 5.50. The Morgan fingerprint density at radius 3 is 2.78 bits per heavy atom. The minimum absolute atomic E-state index is 0.0206. The molecule has 0 spiro atoms. The summed E-state index contributed by atoms with van der Waals surface area (Å²) in [5.74, 6) is -0.433. The van der Waals surface area contributed by atoms with Crippen LogP contribution in [0.15, 0.2) is 18.2 Å². The molecule has 1 atom stereocenters. The second-order valence-corrected chi connectivity index (χ2v) is 4.02. The van der Waals surface area contributed by atoms with Gasteiger partial charge in [-0.05, 0) is 19.4 Å². The average molecular weight is 252 g/mol. The molecular formula is C11H16N4O3. The Bertz CT molecular complexity index is 460. The van der Waals surface area contributed by atoms with Crippen LogP contribution in [0, 0.1) is 10.1 Å². The van der Waals surface area contributed by atoms with Crippen LogP contribution in [0.4, 0.5) is 11.4 Å². The van der Waals surface area contributed by atoms with Gasteiger partial charge >= 0.3 is 0 Å². The molecule has 18 heavy (non-hydrogen) atoms. The van der Waals surface area contributed by atoms with Gasteiger partial charge in [0.1, 0.15) is 5.69 Å². The predicted octanol–water partition coefficient (Wildman–Crippen LogP) is 0.644. The molecule has 0 aromatic heterocycles. The highest BCUT2D eigenvalue weighted by Gasteiger charge is 2.18. The van der Waals surface area contributed by atoms with E-state index in [1.165, 1.54) is 18.2 Å². The van der Waals surface area contributed by atoms with E-state index in [-0.39, 0.29) is 23.0 Å². The molecule has 1 aromatic rings. The Labute approximate surface area is 104 Å². The third-order valence-electron chi connectivity index (χ3n) is 2.41. The Balaban J connectivity index is 2.80. The Morgan fingerprint density at radius 2 is 2.22 bits per heavy atom. The van der Waals surface area contributed by atoms with Gasteiger partial charge in [-0.25, -0.2) is 0 Å². The number of hydrogen-bond donors (Lipinski definition) is 3. The lowest BCUT2D eigenvalue weighted by atomic mass is 10.1. The minimum atomic E-state index is -0.617. The third-order valence-corrected chi connectivity index (χ3v) is 2.41. The van der Waals surface area contributed by atoms with E-state index in [1.54, 1.807) is 0 Å². The van der Waals surface area contributed by atoms with Gasteiger partial charge in [-0.2, -0.15) is 0 Å². The first-order chi connectivity index (χ1) is 8.43. The maximum absolute atomic E-state index is 11.8. The topological polar surface area (TPSA) is 124 Å². The molecule has 5 N–H and O–H groups in total. The third kappa shape index (κ3) is 3.42. The number of para-hydroxylation sites is 1. The van der Waals surface area contributed by atoms with Gasteiger partial charge in [-0.1, -0.05) is 6.07 Å². The summed E-state index contributed by atoms with van der Waals surface area (Å²) in [6.45, 7) is 2.23. The van der Waals surface area contributed by atoms with E-state index < -0.39 is 10.8 Å². The molecule has 7 nitrogen and oxygen atoms in total. The first-order valence-corrected chi connectivity index (χ1v) is 5.50. The van der Waals surface area contributed by atoms with Crippen molar-refractivity contribution in [3.05, 3.63) is 33.9 Å². The molecule has 0 radical (unpaired) electrons. The van der Waals surface area contributed by atoms with Crippen LogP contribution in [0.25, 0.3) is 0 Å². The van der Waals surface area contributed by atoms with Crippen LogP contribution in [-0.4, -0.2) is 23.4 Å². The number of amides is 1. The number of carbonyl (C=O) groups excluding carboxylic acids is 1. The normalized spacial score (nSPS) is 11.9. The molecule has 0 fully saturated rings. The number of rotatable bonds is 5. The van der Waals surface area contributed by atoms with Crippen molar-refractivity contribution >= 4 is 17.3 Å². The van der Waals surface area contributed by atoms with E-state index in [2.05, 4.69) is 5.32 Å². The predicted molar refractivity (Wildman–Crippen MR) is 68.1 cm³/mol. The first kappa shape index (κ1) is 13.9. The van der Waals surface area contributed by atoms with Crippen molar-refractivity contribution in [2.45, 2.75) is 19.4 Å². The summed E-state index contributed by atoms with van der Waals surface area (Å²) in [5, 5.41) is 13.3. The van der Waals surface area contributed by atoms with Crippen LogP contribution in [0.5, 0.6) is 0 Å². The van der Waals surface area contributed by atoms with Gasteiger partial charge in [-0.15, -0.1) is 0 Å². The molecule has 1 amide bonds. The zero-order valence-corrected chi connectivity index (χ0v) is 10.1. The lowest BCUT2D eigenvalue weighted by Crippen LogP contribution is -2.29. The number of nitrogens with two attached hydrogens (primary N) is 2. The lowest BCUT2D eigenvalue weighted by molar-refractivity contribution is -0.383. The summed E-state index contributed by atoms with van der Waals surface area (Å²) in [7, 11) is 0. The van der Waals surface area contributed by atoms with Crippen molar-refractivity contribution in [2.75, 3.05) is 12.3 Å². The van der Waals surface area contributed by atoms with Crippen LogP contribution in [0.2, 0.25) is 0 Å². The number of nitro benzene ring substituents is 1. The van der Waals surface area contributed by atoms with Crippen LogP contribution in [-0.2, 0) is 0 Å². The Kier molecular flexibility index (Phi) is 4.61. The molecule has 0 saturated carbocycles. The van der Waals surface area contributed by atoms with Crippen molar-refractivity contribution in [3.63, 3.8) is 0 Å². The molecule has 0 heterocycles. The highest BCUT2D eigenvalue weighted by Crippen LogP contribution is 2.24. The second-order valence-electron chi connectivity index (χ2n) is 4.02. The fraction of sp³-hybridized carbons (Fsp3) is 0.364. The quantitative estimate of drug-likeness (QED) is 0.403. The van der Waals surface area contributed by atoms with E-state index in [9.17, 15) is 14.9 Å². The number of nitrogen functional groups attached to an aromatic ring is 1. The van der Waals surface area contributed by atoms with Gasteiger partial charge < -0.3 is 16.8 Å². The van der Waals surface area contributed by atoms with Crippen molar-refractivity contribution in [1.29, 1.82) is 0 Å². The van der Waals surface area contributed by atoms with Crippen LogP contribution >= 0.6 is 0 Å². The smallest absolute Gasteiger partial charge is 0.292 e. The molecule has 7 heteroatoms. The zero-order chi connectivity index (χ0) is 13.7. The van der Waals surface area contributed by atoms with Gasteiger partial charge in [-0.3, -0.25) is 14.9 Å². The number of anilines is 1. The van der Waals surface area contributed by atoms with E-state index in [0.29, 0.717) is 13.0 Å². The van der Waals surface area contributed by atoms with Crippen molar-refractivity contribution < 1.29 is 9.72 Å². The van der Waals surface area contributed by atoms with Gasteiger partial charge in [0, 0.05) is 18.7 Å². The van der Waals surface area contributed by atoms with Crippen LogP contribution < -0.4 is 16.8 Å². The molecule has 0 aliphatic heterocycles. The molecule has 0 aliphatic rings. The Hall–Kier alpha value is -2.15. The summed E-state index contributed by atoms with van der Waals surface area (Å²) >= 11 is 0. The zero-order valence-electron chi connectivity index (χ0n) is 10.1. The second kappa shape index (κ2) is 5.97.